The summed E-state index contributed by atoms with van der Waals surface area (Å²) in [4.78, 5) is 11.7. The topological polar surface area (TPSA) is 41.1 Å². The van der Waals surface area contributed by atoms with Gasteiger partial charge in [-0.05, 0) is 48.5 Å². The van der Waals surface area contributed by atoms with Crippen molar-refractivity contribution in [1.82, 2.24) is 0 Å². The number of carbonyl (C=O) groups is 1. The molecule has 0 radical (unpaired) electrons. The Hall–Kier alpha value is -2.02. The average molecular weight is 373 g/mol. The lowest BCUT2D eigenvalue weighted by Gasteiger charge is -2.10. The number of rotatable bonds is 4. The van der Waals surface area contributed by atoms with Gasteiger partial charge >= 0.3 is 6.18 Å². The summed E-state index contributed by atoms with van der Waals surface area (Å²) in [7, 11) is 0. The van der Waals surface area contributed by atoms with E-state index in [1.807, 2.05) is 0 Å². The van der Waals surface area contributed by atoms with Crippen LogP contribution in [0.5, 0.6) is 0 Å². The summed E-state index contributed by atoms with van der Waals surface area (Å²) in [5, 5.41) is 5.44. The molecule has 0 fully saturated rings. The van der Waals surface area contributed by atoms with Gasteiger partial charge in [0.25, 0.3) is 0 Å². The maximum absolute atomic E-state index is 12.4. The number of anilines is 2. The number of hydrogen-bond donors (Lipinski definition) is 2. The minimum atomic E-state index is -4.36. The van der Waals surface area contributed by atoms with Gasteiger partial charge in [-0.1, -0.05) is 15.9 Å². The Kier molecular flexibility index (Phi) is 5.07. The van der Waals surface area contributed by atoms with Gasteiger partial charge in [0.15, 0.2) is 0 Å². The quantitative estimate of drug-likeness (QED) is 0.828. The van der Waals surface area contributed by atoms with Crippen molar-refractivity contribution < 1.29 is 18.0 Å². The van der Waals surface area contributed by atoms with Crippen molar-refractivity contribution in [2.45, 2.75) is 6.18 Å². The number of hydrogen-bond acceptors (Lipinski definition) is 2. The van der Waals surface area contributed by atoms with E-state index in [2.05, 4.69) is 26.6 Å². The van der Waals surface area contributed by atoms with Crippen LogP contribution in [0.15, 0.2) is 53.0 Å². The van der Waals surface area contributed by atoms with Crippen molar-refractivity contribution >= 4 is 33.2 Å². The van der Waals surface area contributed by atoms with Gasteiger partial charge in [-0.2, -0.15) is 13.2 Å². The Morgan fingerprint density at radius 2 is 1.50 bits per heavy atom. The molecule has 0 unspecified atom stereocenters. The lowest BCUT2D eigenvalue weighted by Crippen LogP contribution is -2.21. The molecule has 2 N–H and O–H groups in total. The van der Waals surface area contributed by atoms with Crippen LogP contribution >= 0.6 is 15.9 Å². The normalized spacial score (nSPS) is 11.1. The highest BCUT2D eigenvalue weighted by Crippen LogP contribution is 2.29. The van der Waals surface area contributed by atoms with Crippen molar-refractivity contribution in [2.24, 2.45) is 0 Å². The first-order chi connectivity index (χ1) is 10.3. The van der Waals surface area contributed by atoms with Gasteiger partial charge in [0.1, 0.15) is 0 Å². The monoisotopic (exact) mass is 372 g/mol. The predicted octanol–water partition coefficient (Wildman–Crippen LogP) is 4.52. The SMILES string of the molecule is O=C(CNc1ccc(C(F)(F)F)cc1)Nc1ccc(Br)cc1. The van der Waals surface area contributed by atoms with E-state index < -0.39 is 11.7 Å². The van der Waals surface area contributed by atoms with Crippen LogP contribution in [0.3, 0.4) is 0 Å². The van der Waals surface area contributed by atoms with E-state index in [0.717, 1.165) is 16.6 Å². The summed E-state index contributed by atoms with van der Waals surface area (Å²) in [6, 6.07) is 11.6. The lowest BCUT2D eigenvalue weighted by molar-refractivity contribution is -0.137. The van der Waals surface area contributed by atoms with Gasteiger partial charge in [-0.15, -0.1) is 0 Å². The van der Waals surface area contributed by atoms with Crippen LogP contribution in [-0.2, 0) is 11.0 Å². The molecule has 0 spiro atoms. The lowest BCUT2D eigenvalue weighted by atomic mass is 10.2. The molecule has 0 heterocycles. The highest BCUT2D eigenvalue weighted by molar-refractivity contribution is 9.10. The Labute approximate surface area is 133 Å². The van der Waals surface area contributed by atoms with Crippen molar-refractivity contribution in [3.63, 3.8) is 0 Å². The van der Waals surface area contributed by atoms with E-state index in [4.69, 9.17) is 0 Å². The number of nitrogens with one attached hydrogen (secondary N) is 2. The molecule has 0 saturated heterocycles. The number of alkyl halides is 3. The minimum absolute atomic E-state index is 0.0402. The molecule has 0 aliphatic heterocycles. The number of amides is 1. The van der Waals surface area contributed by atoms with Crippen LogP contribution in [0.4, 0.5) is 24.5 Å². The van der Waals surface area contributed by atoms with E-state index >= 15 is 0 Å². The molecule has 0 aromatic heterocycles. The third kappa shape index (κ3) is 4.77. The standard InChI is InChI=1S/C15H12BrF3N2O/c16-11-3-7-13(8-4-11)21-14(22)9-20-12-5-1-10(2-6-12)15(17,18)19/h1-8,20H,9H2,(H,21,22). The summed E-state index contributed by atoms with van der Waals surface area (Å²) in [6.45, 7) is -0.0402. The minimum Gasteiger partial charge on any atom is -0.376 e. The molecule has 3 nitrogen and oxygen atoms in total. The fourth-order valence-electron chi connectivity index (χ4n) is 1.70. The Bertz CT molecular complexity index is 639. The third-order valence-corrected chi connectivity index (χ3v) is 3.32. The van der Waals surface area contributed by atoms with Crippen molar-refractivity contribution in [3.05, 3.63) is 58.6 Å². The highest BCUT2D eigenvalue weighted by atomic mass is 79.9. The average Bonchev–Trinajstić information content (AvgIpc) is 2.47. The van der Waals surface area contributed by atoms with Crippen molar-refractivity contribution in [3.8, 4) is 0 Å². The molecule has 2 aromatic carbocycles. The smallest absolute Gasteiger partial charge is 0.376 e. The van der Waals surface area contributed by atoms with Crippen molar-refractivity contribution in [2.75, 3.05) is 17.2 Å². The molecule has 7 heteroatoms. The number of halogens is 4. The van der Waals surface area contributed by atoms with E-state index in [-0.39, 0.29) is 12.5 Å². The molecule has 116 valence electrons. The van der Waals surface area contributed by atoms with Crippen molar-refractivity contribution in [1.29, 1.82) is 0 Å². The van der Waals surface area contributed by atoms with Crippen LogP contribution in [0, 0.1) is 0 Å². The van der Waals surface area contributed by atoms with E-state index in [0.29, 0.717) is 11.4 Å². The van der Waals surface area contributed by atoms with Crippen LogP contribution in [0.25, 0.3) is 0 Å². The zero-order valence-corrected chi connectivity index (χ0v) is 12.8. The number of carbonyl (C=O) groups excluding carboxylic acids is 1. The summed E-state index contributed by atoms with van der Waals surface area (Å²) in [6.07, 6.45) is -4.36. The maximum Gasteiger partial charge on any atom is 0.416 e. The third-order valence-electron chi connectivity index (χ3n) is 2.79. The second-order valence-corrected chi connectivity index (χ2v) is 5.40. The highest BCUT2D eigenvalue weighted by Gasteiger charge is 2.29. The fraction of sp³-hybridized carbons (Fsp3) is 0.133. The maximum atomic E-state index is 12.4. The Morgan fingerprint density at radius 1 is 0.955 bits per heavy atom. The van der Waals surface area contributed by atoms with Crippen LogP contribution < -0.4 is 10.6 Å². The second-order valence-electron chi connectivity index (χ2n) is 4.48. The molecular weight excluding hydrogens is 361 g/mol. The molecule has 2 aromatic rings. The predicted molar refractivity (Wildman–Crippen MR) is 82.7 cm³/mol. The molecule has 22 heavy (non-hydrogen) atoms. The Morgan fingerprint density at radius 3 is 2.05 bits per heavy atom. The molecule has 0 saturated carbocycles. The first kappa shape index (κ1) is 16.4. The first-order valence-corrected chi connectivity index (χ1v) is 7.10. The summed E-state index contributed by atoms with van der Waals surface area (Å²) < 4.78 is 38.1. The van der Waals surface area contributed by atoms with Crippen LogP contribution in [0.1, 0.15) is 5.56 Å². The molecule has 1 amide bonds. The van der Waals surface area contributed by atoms with Crippen LogP contribution in [0.2, 0.25) is 0 Å². The van der Waals surface area contributed by atoms with E-state index in [1.165, 1.54) is 12.1 Å². The van der Waals surface area contributed by atoms with E-state index in [9.17, 15) is 18.0 Å². The largest absolute Gasteiger partial charge is 0.416 e. The van der Waals surface area contributed by atoms with Gasteiger partial charge in [0.2, 0.25) is 5.91 Å². The summed E-state index contributed by atoms with van der Waals surface area (Å²) >= 11 is 3.29. The van der Waals surface area contributed by atoms with Gasteiger partial charge in [-0.25, -0.2) is 0 Å². The molecule has 0 aliphatic carbocycles. The number of benzene rings is 2. The van der Waals surface area contributed by atoms with Gasteiger partial charge in [0.05, 0.1) is 12.1 Å². The van der Waals surface area contributed by atoms with E-state index in [1.54, 1.807) is 24.3 Å². The Balaban J connectivity index is 1.87. The van der Waals surface area contributed by atoms with Gasteiger partial charge < -0.3 is 10.6 Å². The van der Waals surface area contributed by atoms with Gasteiger partial charge in [-0.3, -0.25) is 4.79 Å². The molecule has 2 rings (SSSR count). The van der Waals surface area contributed by atoms with Crippen LogP contribution in [-0.4, -0.2) is 12.5 Å². The second kappa shape index (κ2) is 6.83. The molecular formula is C15H12BrF3N2O. The zero-order chi connectivity index (χ0) is 16.2. The summed E-state index contributed by atoms with van der Waals surface area (Å²) in [5.41, 5.74) is 0.360. The zero-order valence-electron chi connectivity index (χ0n) is 11.2. The first-order valence-electron chi connectivity index (χ1n) is 6.31. The molecule has 0 aliphatic rings. The van der Waals surface area contributed by atoms with Gasteiger partial charge in [0, 0.05) is 15.8 Å². The fourth-order valence-corrected chi connectivity index (χ4v) is 1.96. The molecule has 0 atom stereocenters. The summed E-state index contributed by atoms with van der Waals surface area (Å²) in [5.74, 6) is -0.290. The molecule has 0 bridgehead atoms.